The van der Waals surface area contributed by atoms with Gasteiger partial charge in [0.1, 0.15) is 11.6 Å². The fourth-order valence-electron chi connectivity index (χ4n) is 1.19. The number of rotatable bonds is 4. The molecule has 0 unspecified atom stereocenters. The first kappa shape index (κ1) is 11.0. The predicted molar refractivity (Wildman–Crippen MR) is 52.8 cm³/mol. The summed E-state index contributed by atoms with van der Waals surface area (Å²) in [6, 6.07) is 4.18. The van der Waals surface area contributed by atoms with Crippen molar-refractivity contribution < 1.29 is 14.2 Å². The Bertz CT molecular complexity index is 297. The topological polar surface area (TPSA) is 29.5 Å². The predicted octanol–water partition coefficient (Wildman–Crippen LogP) is 2.67. The zero-order valence-corrected chi connectivity index (χ0v) is 8.46. The van der Waals surface area contributed by atoms with Gasteiger partial charge in [-0.15, -0.1) is 0 Å². The van der Waals surface area contributed by atoms with Crippen molar-refractivity contribution in [2.45, 2.75) is 26.4 Å². The van der Waals surface area contributed by atoms with Crippen LogP contribution in [0.25, 0.3) is 0 Å². The van der Waals surface area contributed by atoms with E-state index in [1.165, 1.54) is 12.1 Å². The summed E-state index contributed by atoms with van der Waals surface area (Å²) in [5.74, 6) is 0.202. The lowest BCUT2D eigenvalue weighted by Crippen LogP contribution is -2.01. The number of ether oxygens (including phenoxy) is 1. The largest absolute Gasteiger partial charge is 0.493 e. The Hall–Kier alpha value is -1.09. The van der Waals surface area contributed by atoms with Crippen LogP contribution in [0, 0.1) is 5.82 Å². The fraction of sp³-hybridized carbons (Fsp3) is 0.455. The molecule has 0 aliphatic carbocycles. The molecule has 0 aromatic heterocycles. The van der Waals surface area contributed by atoms with Crippen molar-refractivity contribution in [3.05, 3.63) is 29.6 Å². The molecule has 0 fully saturated rings. The lowest BCUT2D eigenvalue weighted by atomic mass is 10.1. The third-order valence-electron chi connectivity index (χ3n) is 1.88. The molecule has 1 N–H and O–H groups in total. The van der Waals surface area contributed by atoms with Crippen molar-refractivity contribution in [3.63, 3.8) is 0 Å². The molecule has 1 aromatic carbocycles. The maximum atomic E-state index is 12.9. The molecule has 0 radical (unpaired) electrons. The van der Waals surface area contributed by atoms with E-state index in [1.54, 1.807) is 13.0 Å². The summed E-state index contributed by atoms with van der Waals surface area (Å²) in [6.07, 6.45) is 0.175. The van der Waals surface area contributed by atoms with Gasteiger partial charge in [0.2, 0.25) is 0 Å². The Morgan fingerprint density at radius 2 is 2.21 bits per heavy atom. The highest BCUT2D eigenvalue weighted by atomic mass is 19.1. The molecule has 3 heteroatoms. The monoisotopic (exact) mass is 198 g/mol. The second-order valence-corrected chi connectivity index (χ2v) is 3.21. The maximum absolute atomic E-state index is 12.9. The zero-order valence-electron chi connectivity index (χ0n) is 8.46. The minimum Gasteiger partial charge on any atom is -0.493 e. The Labute approximate surface area is 83.3 Å². The van der Waals surface area contributed by atoms with Gasteiger partial charge >= 0.3 is 0 Å². The Morgan fingerprint density at radius 3 is 2.79 bits per heavy atom. The highest BCUT2D eigenvalue weighted by molar-refractivity contribution is 5.35. The molecule has 0 bridgehead atoms. The maximum Gasteiger partial charge on any atom is 0.125 e. The van der Waals surface area contributed by atoms with Crippen LogP contribution < -0.4 is 4.74 Å². The first-order valence-corrected chi connectivity index (χ1v) is 4.75. The van der Waals surface area contributed by atoms with Gasteiger partial charge in [-0.25, -0.2) is 4.39 Å². The molecule has 78 valence electrons. The van der Waals surface area contributed by atoms with Crippen molar-refractivity contribution in [3.8, 4) is 5.75 Å². The van der Waals surface area contributed by atoms with Crippen molar-refractivity contribution in [2.75, 3.05) is 6.61 Å². The van der Waals surface area contributed by atoms with Gasteiger partial charge in [-0.3, -0.25) is 0 Å². The molecule has 1 aromatic rings. The molecular formula is C11H15FO2. The highest BCUT2D eigenvalue weighted by Gasteiger charge is 2.09. The molecular weight excluding hydrogens is 183 g/mol. The van der Waals surface area contributed by atoms with Crippen LogP contribution in [0.1, 0.15) is 31.9 Å². The van der Waals surface area contributed by atoms with Crippen LogP contribution in [0.15, 0.2) is 18.2 Å². The first-order chi connectivity index (χ1) is 6.65. The summed E-state index contributed by atoms with van der Waals surface area (Å²) in [7, 11) is 0. The number of hydrogen-bond acceptors (Lipinski definition) is 2. The third kappa shape index (κ3) is 2.70. The standard InChI is InChI=1S/C11H15FO2/c1-3-6-14-11-5-4-9(12)7-10(11)8(2)13/h4-5,7-8,13H,3,6H2,1-2H3/t8-/m1/s1. The van der Waals surface area contributed by atoms with Gasteiger partial charge in [0.25, 0.3) is 0 Å². The van der Waals surface area contributed by atoms with E-state index in [1.807, 2.05) is 6.92 Å². The molecule has 2 nitrogen and oxygen atoms in total. The van der Waals surface area contributed by atoms with Gasteiger partial charge in [-0.1, -0.05) is 6.92 Å². The van der Waals surface area contributed by atoms with Crippen molar-refractivity contribution in [2.24, 2.45) is 0 Å². The molecule has 0 saturated carbocycles. The zero-order chi connectivity index (χ0) is 10.6. The quantitative estimate of drug-likeness (QED) is 0.806. The van der Waals surface area contributed by atoms with E-state index in [4.69, 9.17) is 4.74 Å². The minimum absolute atomic E-state index is 0.357. The van der Waals surface area contributed by atoms with Gasteiger partial charge in [-0.2, -0.15) is 0 Å². The molecule has 0 amide bonds. The van der Waals surface area contributed by atoms with Crippen LogP contribution in [0.4, 0.5) is 4.39 Å². The number of aliphatic hydroxyl groups is 1. The lowest BCUT2D eigenvalue weighted by molar-refractivity contribution is 0.190. The summed E-state index contributed by atoms with van der Waals surface area (Å²) in [6.45, 7) is 4.16. The second kappa shape index (κ2) is 4.96. The number of benzene rings is 1. The first-order valence-electron chi connectivity index (χ1n) is 4.75. The Balaban J connectivity index is 2.90. The van der Waals surface area contributed by atoms with E-state index >= 15 is 0 Å². The number of aliphatic hydroxyl groups excluding tert-OH is 1. The molecule has 0 spiro atoms. The molecule has 1 rings (SSSR count). The SMILES string of the molecule is CCCOc1ccc(F)cc1[C@@H](C)O. The molecule has 1 atom stereocenters. The number of halogens is 1. The van der Waals surface area contributed by atoms with Gasteiger partial charge < -0.3 is 9.84 Å². The van der Waals surface area contributed by atoms with Crippen molar-refractivity contribution in [1.29, 1.82) is 0 Å². The van der Waals surface area contributed by atoms with Gasteiger partial charge in [-0.05, 0) is 31.5 Å². The van der Waals surface area contributed by atoms with E-state index in [0.29, 0.717) is 17.9 Å². The second-order valence-electron chi connectivity index (χ2n) is 3.21. The fourth-order valence-corrected chi connectivity index (χ4v) is 1.19. The van der Waals surface area contributed by atoms with E-state index in [2.05, 4.69) is 0 Å². The van der Waals surface area contributed by atoms with E-state index < -0.39 is 6.10 Å². The van der Waals surface area contributed by atoms with Crippen LogP contribution in [0.2, 0.25) is 0 Å². The lowest BCUT2D eigenvalue weighted by Gasteiger charge is -2.12. The van der Waals surface area contributed by atoms with Gasteiger partial charge in [0.15, 0.2) is 0 Å². The Kier molecular flexibility index (Phi) is 3.89. The summed E-state index contributed by atoms with van der Waals surface area (Å²) in [5, 5.41) is 9.38. The summed E-state index contributed by atoms with van der Waals surface area (Å²) >= 11 is 0. The third-order valence-corrected chi connectivity index (χ3v) is 1.88. The van der Waals surface area contributed by atoms with Crippen LogP contribution >= 0.6 is 0 Å². The van der Waals surface area contributed by atoms with E-state index in [9.17, 15) is 9.50 Å². The highest BCUT2D eigenvalue weighted by Crippen LogP contribution is 2.25. The van der Waals surface area contributed by atoms with E-state index in [-0.39, 0.29) is 5.82 Å². The summed E-state index contributed by atoms with van der Waals surface area (Å²) < 4.78 is 18.2. The summed E-state index contributed by atoms with van der Waals surface area (Å²) in [5.41, 5.74) is 0.499. The number of hydrogen-bond donors (Lipinski definition) is 1. The van der Waals surface area contributed by atoms with Crippen LogP contribution in [-0.2, 0) is 0 Å². The minimum atomic E-state index is -0.711. The average molecular weight is 198 g/mol. The van der Waals surface area contributed by atoms with E-state index in [0.717, 1.165) is 6.42 Å². The van der Waals surface area contributed by atoms with Crippen LogP contribution in [0.5, 0.6) is 5.75 Å². The molecule has 0 aliphatic rings. The van der Waals surface area contributed by atoms with Crippen LogP contribution in [-0.4, -0.2) is 11.7 Å². The van der Waals surface area contributed by atoms with Gasteiger partial charge in [0, 0.05) is 5.56 Å². The molecule has 0 saturated heterocycles. The van der Waals surface area contributed by atoms with Crippen LogP contribution in [0.3, 0.4) is 0 Å². The average Bonchev–Trinajstić information content (AvgIpc) is 2.15. The molecule has 14 heavy (non-hydrogen) atoms. The Morgan fingerprint density at radius 1 is 1.50 bits per heavy atom. The smallest absolute Gasteiger partial charge is 0.125 e. The summed E-state index contributed by atoms with van der Waals surface area (Å²) in [4.78, 5) is 0. The molecule has 0 aliphatic heterocycles. The molecule has 0 heterocycles. The van der Waals surface area contributed by atoms with Crippen molar-refractivity contribution >= 4 is 0 Å². The normalized spacial score (nSPS) is 12.6. The van der Waals surface area contributed by atoms with Gasteiger partial charge in [0.05, 0.1) is 12.7 Å². The van der Waals surface area contributed by atoms with Crippen molar-refractivity contribution in [1.82, 2.24) is 0 Å².